The predicted octanol–water partition coefficient (Wildman–Crippen LogP) is 1.25. The van der Waals surface area contributed by atoms with Crippen molar-refractivity contribution in [3.8, 4) is 0 Å². The van der Waals surface area contributed by atoms with Crippen LogP contribution in [-0.4, -0.2) is 37.5 Å². The first-order valence-electron chi connectivity index (χ1n) is 5.41. The van der Waals surface area contributed by atoms with Crippen molar-refractivity contribution in [3.05, 3.63) is 42.0 Å². The van der Waals surface area contributed by atoms with Crippen LogP contribution in [0, 0.1) is 0 Å². The lowest BCUT2D eigenvalue weighted by molar-refractivity contribution is -0.139. The summed E-state index contributed by atoms with van der Waals surface area (Å²) in [6.07, 6.45) is 3.07. The van der Waals surface area contributed by atoms with Gasteiger partial charge in [0.15, 0.2) is 0 Å². The molecule has 1 N–H and O–H groups in total. The highest BCUT2D eigenvalue weighted by Gasteiger charge is 1.96. The van der Waals surface area contributed by atoms with Crippen molar-refractivity contribution in [1.82, 2.24) is 0 Å². The van der Waals surface area contributed by atoms with Crippen molar-refractivity contribution in [2.45, 2.75) is 0 Å². The van der Waals surface area contributed by atoms with Gasteiger partial charge in [-0.2, -0.15) is 0 Å². The van der Waals surface area contributed by atoms with Crippen LogP contribution in [0.3, 0.4) is 0 Å². The molecule has 0 aliphatic heterocycles. The standard InChI is InChI=1S/C13H16O4/c14-8-9-16-10-11-17-13(15)7-6-12-4-2-1-3-5-12/h1-7,14H,8-11H2. The molecule has 0 radical (unpaired) electrons. The second-order valence-electron chi connectivity index (χ2n) is 3.25. The maximum absolute atomic E-state index is 11.2. The van der Waals surface area contributed by atoms with E-state index < -0.39 is 5.97 Å². The lowest BCUT2D eigenvalue weighted by Gasteiger charge is -2.02. The number of hydrogen-bond acceptors (Lipinski definition) is 4. The Morgan fingerprint density at radius 1 is 1.18 bits per heavy atom. The number of esters is 1. The van der Waals surface area contributed by atoms with Gasteiger partial charge >= 0.3 is 5.97 Å². The van der Waals surface area contributed by atoms with Gasteiger partial charge in [0.1, 0.15) is 6.61 Å². The van der Waals surface area contributed by atoms with Crippen molar-refractivity contribution in [1.29, 1.82) is 0 Å². The Hall–Kier alpha value is -1.65. The Morgan fingerprint density at radius 2 is 1.94 bits per heavy atom. The first-order chi connectivity index (χ1) is 8.33. The van der Waals surface area contributed by atoms with Crippen molar-refractivity contribution in [2.75, 3.05) is 26.4 Å². The largest absolute Gasteiger partial charge is 0.460 e. The van der Waals surface area contributed by atoms with Gasteiger partial charge in [0.05, 0.1) is 19.8 Å². The van der Waals surface area contributed by atoms with Gasteiger partial charge in [0, 0.05) is 6.08 Å². The fourth-order valence-electron chi connectivity index (χ4n) is 1.14. The summed E-state index contributed by atoms with van der Waals surface area (Å²) in [4.78, 5) is 11.2. The molecule has 1 aromatic rings. The number of carbonyl (C=O) groups excluding carboxylic acids is 1. The number of rotatable bonds is 7. The van der Waals surface area contributed by atoms with Crippen molar-refractivity contribution >= 4 is 12.0 Å². The number of aliphatic hydroxyl groups excluding tert-OH is 1. The van der Waals surface area contributed by atoms with E-state index >= 15 is 0 Å². The van der Waals surface area contributed by atoms with E-state index in [-0.39, 0.29) is 19.8 Å². The molecule has 0 unspecified atom stereocenters. The Morgan fingerprint density at radius 3 is 2.65 bits per heavy atom. The minimum Gasteiger partial charge on any atom is -0.460 e. The van der Waals surface area contributed by atoms with Crippen LogP contribution in [0.1, 0.15) is 5.56 Å². The Labute approximate surface area is 100 Å². The summed E-state index contributed by atoms with van der Waals surface area (Å²) in [6.45, 7) is 0.725. The summed E-state index contributed by atoms with van der Waals surface area (Å²) in [7, 11) is 0. The van der Waals surface area contributed by atoms with Crippen molar-refractivity contribution < 1.29 is 19.4 Å². The molecule has 0 fully saturated rings. The minimum absolute atomic E-state index is 0.0259. The molecule has 0 heterocycles. The Balaban J connectivity index is 2.19. The quantitative estimate of drug-likeness (QED) is 0.440. The molecule has 92 valence electrons. The van der Waals surface area contributed by atoms with Crippen LogP contribution in [-0.2, 0) is 14.3 Å². The second kappa shape index (κ2) is 8.50. The fraction of sp³-hybridized carbons (Fsp3) is 0.308. The number of carbonyl (C=O) groups is 1. The maximum Gasteiger partial charge on any atom is 0.330 e. The van der Waals surface area contributed by atoms with E-state index in [4.69, 9.17) is 14.6 Å². The summed E-state index contributed by atoms with van der Waals surface area (Å²) < 4.78 is 9.82. The van der Waals surface area contributed by atoms with Gasteiger partial charge in [-0.15, -0.1) is 0 Å². The average molecular weight is 236 g/mol. The molecule has 0 aromatic heterocycles. The van der Waals surface area contributed by atoms with E-state index in [1.165, 1.54) is 6.08 Å². The lowest BCUT2D eigenvalue weighted by Crippen LogP contribution is -2.10. The monoisotopic (exact) mass is 236 g/mol. The number of hydrogen-bond donors (Lipinski definition) is 1. The third-order valence-electron chi connectivity index (χ3n) is 1.92. The normalized spacial score (nSPS) is 10.6. The molecule has 1 rings (SSSR count). The Bertz CT molecular complexity index is 346. The molecular weight excluding hydrogens is 220 g/mol. The van der Waals surface area contributed by atoms with E-state index in [1.54, 1.807) is 6.08 Å². The van der Waals surface area contributed by atoms with E-state index in [1.807, 2.05) is 30.3 Å². The first kappa shape index (κ1) is 13.4. The van der Waals surface area contributed by atoms with Crippen LogP contribution >= 0.6 is 0 Å². The molecule has 4 nitrogen and oxygen atoms in total. The smallest absolute Gasteiger partial charge is 0.330 e. The minimum atomic E-state index is -0.401. The Kier molecular flexibility index (Phi) is 6.70. The third kappa shape index (κ3) is 6.50. The summed E-state index contributed by atoms with van der Waals surface area (Å²) in [5.41, 5.74) is 0.945. The molecule has 0 amide bonds. The summed E-state index contributed by atoms with van der Waals surface area (Å²) >= 11 is 0. The van der Waals surface area contributed by atoms with Crippen LogP contribution in [0.4, 0.5) is 0 Å². The number of benzene rings is 1. The highest BCUT2D eigenvalue weighted by atomic mass is 16.6. The van der Waals surface area contributed by atoms with Crippen molar-refractivity contribution in [3.63, 3.8) is 0 Å². The number of aliphatic hydroxyl groups is 1. The van der Waals surface area contributed by atoms with E-state index in [9.17, 15) is 4.79 Å². The molecule has 0 aliphatic rings. The van der Waals surface area contributed by atoms with Gasteiger partial charge in [-0.05, 0) is 11.6 Å². The van der Waals surface area contributed by atoms with E-state index in [2.05, 4.69) is 0 Å². The average Bonchev–Trinajstić information content (AvgIpc) is 2.37. The molecule has 0 bridgehead atoms. The summed E-state index contributed by atoms with van der Waals surface area (Å²) in [5, 5.41) is 8.44. The SMILES string of the molecule is O=C(C=Cc1ccccc1)OCCOCCO. The van der Waals surface area contributed by atoms with Crippen LogP contribution in [0.15, 0.2) is 36.4 Å². The zero-order valence-electron chi connectivity index (χ0n) is 9.54. The molecular formula is C13H16O4. The zero-order valence-corrected chi connectivity index (χ0v) is 9.54. The van der Waals surface area contributed by atoms with Crippen LogP contribution in [0.2, 0.25) is 0 Å². The molecule has 0 aliphatic carbocycles. The topological polar surface area (TPSA) is 55.8 Å². The molecule has 0 saturated heterocycles. The van der Waals surface area contributed by atoms with Gasteiger partial charge in [-0.25, -0.2) is 4.79 Å². The predicted molar refractivity (Wildman–Crippen MR) is 64.3 cm³/mol. The highest BCUT2D eigenvalue weighted by Crippen LogP contribution is 2.00. The second-order valence-corrected chi connectivity index (χ2v) is 3.25. The lowest BCUT2D eigenvalue weighted by atomic mass is 10.2. The molecule has 17 heavy (non-hydrogen) atoms. The van der Waals surface area contributed by atoms with Gasteiger partial charge in [-0.3, -0.25) is 0 Å². The van der Waals surface area contributed by atoms with Gasteiger partial charge in [0.25, 0.3) is 0 Å². The zero-order chi connectivity index (χ0) is 12.3. The molecule has 1 aromatic carbocycles. The van der Waals surface area contributed by atoms with Gasteiger partial charge in [0.2, 0.25) is 0 Å². The van der Waals surface area contributed by atoms with Crippen LogP contribution < -0.4 is 0 Å². The van der Waals surface area contributed by atoms with Gasteiger partial charge < -0.3 is 14.6 Å². The maximum atomic E-state index is 11.2. The van der Waals surface area contributed by atoms with Crippen LogP contribution in [0.25, 0.3) is 6.08 Å². The van der Waals surface area contributed by atoms with Crippen molar-refractivity contribution in [2.24, 2.45) is 0 Å². The number of ether oxygens (including phenoxy) is 2. The van der Waals surface area contributed by atoms with E-state index in [0.29, 0.717) is 6.61 Å². The molecule has 0 atom stereocenters. The van der Waals surface area contributed by atoms with E-state index in [0.717, 1.165) is 5.56 Å². The fourth-order valence-corrected chi connectivity index (χ4v) is 1.14. The molecule has 0 spiro atoms. The summed E-state index contributed by atoms with van der Waals surface area (Å²) in [6, 6.07) is 9.50. The highest BCUT2D eigenvalue weighted by molar-refractivity contribution is 5.86. The molecule has 4 heteroatoms. The third-order valence-corrected chi connectivity index (χ3v) is 1.92. The summed E-state index contributed by atoms with van der Waals surface area (Å²) in [5.74, 6) is -0.401. The van der Waals surface area contributed by atoms with Crippen LogP contribution in [0.5, 0.6) is 0 Å². The van der Waals surface area contributed by atoms with Gasteiger partial charge in [-0.1, -0.05) is 30.3 Å². The molecule has 0 saturated carbocycles. The first-order valence-corrected chi connectivity index (χ1v) is 5.41.